The van der Waals surface area contributed by atoms with E-state index in [9.17, 15) is 9.59 Å². The van der Waals surface area contributed by atoms with Crippen molar-refractivity contribution < 1.29 is 14.3 Å². The van der Waals surface area contributed by atoms with Crippen LogP contribution in [-0.2, 0) is 4.79 Å². The molecule has 0 aliphatic heterocycles. The molecule has 0 saturated carbocycles. The highest BCUT2D eigenvalue weighted by Crippen LogP contribution is 2.22. The lowest BCUT2D eigenvalue weighted by molar-refractivity contribution is -0.118. The second-order valence-electron chi connectivity index (χ2n) is 6.55. The number of amides is 2. The highest BCUT2D eigenvalue weighted by molar-refractivity contribution is 7.12. The third kappa shape index (κ3) is 4.98. The Labute approximate surface area is 168 Å². The summed E-state index contributed by atoms with van der Waals surface area (Å²) >= 11 is 1.37. The summed E-state index contributed by atoms with van der Waals surface area (Å²) in [7, 11) is 0. The molecule has 3 aromatic rings. The molecule has 1 aromatic heterocycles. The number of carbonyl (C=O) groups excluding carboxylic acids is 2. The van der Waals surface area contributed by atoms with Gasteiger partial charge in [-0.15, -0.1) is 11.3 Å². The highest BCUT2D eigenvalue weighted by atomic mass is 32.1. The molecule has 0 aliphatic carbocycles. The number of hydrogen-bond donors (Lipinski definition) is 2. The molecule has 6 heteroatoms. The molecule has 0 atom stereocenters. The number of thiophene rings is 1. The zero-order valence-electron chi connectivity index (χ0n) is 16.0. The van der Waals surface area contributed by atoms with Gasteiger partial charge in [0.15, 0.2) is 6.61 Å². The minimum absolute atomic E-state index is 0.0882. The maximum Gasteiger partial charge on any atom is 0.265 e. The molecule has 1 heterocycles. The van der Waals surface area contributed by atoms with Gasteiger partial charge in [-0.3, -0.25) is 9.59 Å². The van der Waals surface area contributed by atoms with Crippen LogP contribution in [0.25, 0.3) is 0 Å². The molecule has 0 radical (unpaired) electrons. The van der Waals surface area contributed by atoms with Crippen molar-refractivity contribution in [1.82, 2.24) is 0 Å². The molecule has 144 valence electrons. The Morgan fingerprint density at radius 2 is 1.61 bits per heavy atom. The number of nitrogens with one attached hydrogen (secondary N) is 2. The molecule has 2 aromatic carbocycles. The Kier molecular flexibility index (Phi) is 6.11. The van der Waals surface area contributed by atoms with Gasteiger partial charge in [0.05, 0.1) is 4.88 Å². The normalized spacial score (nSPS) is 10.4. The van der Waals surface area contributed by atoms with Crippen molar-refractivity contribution >= 4 is 34.5 Å². The van der Waals surface area contributed by atoms with E-state index in [1.165, 1.54) is 16.9 Å². The van der Waals surface area contributed by atoms with Crippen LogP contribution in [0.15, 0.2) is 53.9 Å². The van der Waals surface area contributed by atoms with Crippen molar-refractivity contribution in [2.45, 2.75) is 20.8 Å². The van der Waals surface area contributed by atoms with E-state index in [1.54, 1.807) is 30.3 Å². The van der Waals surface area contributed by atoms with Gasteiger partial charge in [-0.1, -0.05) is 18.2 Å². The molecule has 5 nitrogen and oxygen atoms in total. The molecular formula is C22H22N2O3S. The van der Waals surface area contributed by atoms with Gasteiger partial charge in [0.2, 0.25) is 0 Å². The average molecular weight is 394 g/mol. The first-order valence-corrected chi connectivity index (χ1v) is 9.76. The number of aryl methyl sites for hydroxylation is 3. The molecule has 0 aliphatic rings. The number of ether oxygens (including phenoxy) is 1. The Morgan fingerprint density at radius 1 is 0.893 bits per heavy atom. The van der Waals surface area contributed by atoms with E-state index in [0.717, 1.165) is 11.1 Å². The van der Waals surface area contributed by atoms with Crippen LogP contribution in [-0.4, -0.2) is 18.4 Å². The molecule has 0 spiro atoms. The van der Waals surface area contributed by atoms with Crippen molar-refractivity contribution in [3.8, 4) is 5.75 Å². The Bertz CT molecular complexity index is 997. The monoisotopic (exact) mass is 394 g/mol. The summed E-state index contributed by atoms with van der Waals surface area (Å²) in [5, 5.41) is 7.47. The van der Waals surface area contributed by atoms with Crippen LogP contribution in [0, 0.1) is 20.8 Å². The molecular weight excluding hydrogens is 372 g/mol. The molecule has 0 saturated heterocycles. The van der Waals surface area contributed by atoms with Gasteiger partial charge < -0.3 is 15.4 Å². The van der Waals surface area contributed by atoms with E-state index in [0.29, 0.717) is 22.0 Å². The number of carbonyl (C=O) groups is 2. The first-order valence-electron chi connectivity index (χ1n) is 8.88. The molecule has 0 unspecified atom stereocenters. The van der Waals surface area contributed by atoms with Crippen molar-refractivity contribution in [1.29, 1.82) is 0 Å². The number of benzene rings is 2. The fourth-order valence-electron chi connectivity index (χ4n) is 2.71. The third-order valence-corrected chi connectivity index (χ3v) is 5.17. The minimum Gasteiger partial charge on any atom is -0.483 e. The minimum atomic E-state index is -0.264. The molecule has 0 fully saturated rings. The van der Waals surface area contributed by atoms with Crippen molar-refractivity contribution in [2.24, 2.45) is 0 Å². The van der Waals surface area contributed by atoms with E-state index >= 15 is 0 Å². The van der Waals surface area contributed by atoms with Crippen molar-refractivity contribution in [3.05, 3.63) is 75.5 Å². The molecule has 0 bridgehead atoms. The summed E-state index contributed by atoms with van der Waals surface area (Å²) in [6.07, 6.45) is 0. The fourth-order valence-corrected chi connectivity index (χ4v) is 3.32. The number of anilines is 2. The SMILES string of the molecule is Cc1cc(C)c(OCC(=O)Nc2cccc(NC(=O)c3cccs3)c2)cc1C. The van der Waals surface area contributed by atoms with Gasteiger partial charge in [-0.25, -0.2) is 0 Å². The van der Waals surface area contributed by atoms with E-state index in [1.807, 2.05) is 44.4 Å². The third-order valence-electron chi connectivity index (χ3n) is 4.30. The van der Waals surface area contributed by atoms with Crippen molar-refractivity contribution in [2.75, 3.05) is 17.2 Å². The van der Waals surface area contributed by atoms with Gasteiger partial charge in [0, 0.05) is 11.4 Å². The standard InChI is InChI=1S/C22H22N2O3S/c1-14-10-16(3)19(11-15(14)2)27-13-21(25)23-17-6-4-7-18(12-17)24-22(26)20-8-5-9-28-20/h4-12H,13H2,1-3H3,(H,23,25)(H,24,26). The summed E-state index contributed by atoms with van der Waals surface area (Å²) in [6.45, 7) is 5.93. The summed E-state index contributed by atoms with van der Waals surface area (Å²) in [4.78, 5) is 25.0. The van der Waals surface area contributed by atoms with Crippen LogP contribution in [0.4, 0.5) is 11.4 Å². The summed E-state index contributed by atoms with van der Waals surface area (Å²) < 4.78 is 5.67. The fraction of sp³-hybridized carbons (Fsp3) is 0.182. The molecule has 3 rings (SSSR count). The Morgan fingerprint density at radius 3 is 2.32 bits per heavy atom. The van der Waals surface area contributed by atoms with Crippen LogP contribution in [0.1, 0.15) is 26.4 Å². The van der Waals surface area contributed by atoms with E-state index in [-0.39, 0.29) is 18.4 Å². The van der Waals surface area contributed by atoms with Crippen LogP contribution >= 0.6 is 11.3 Å². The summed E-state index contributed by atoms with van der Waals surface area (Å²) in [5.41, 5.74) is 4.51. The Hall–Kier alpha value is -3.12. The maximum atomic E-state index is 12.2. The summed E-state index contributed by atoms with van der Waals surface area (Å²) in [6, 6.07) is 14.6. The number of rotatable bonds is 6. The van der Waals surface area contributed by atoms with Crippen LogP contribution < -0.4 is 15.4 Å². The quantitative estimate of drug-likeness (QED) is 0.622. The topological polar surface area (TPSA) is 67.4 Å². The Balaban J connectivity index is 1.58. The van der Waals surface area contributed by atoms with E-state index in [2.05, 4.69) is 10.6 Å². The lowest BCUT2D eigenvalue weighted by atomic mass is 10.1. The first kappa shape index (κ1) is 19.6. The van der Waals surface area contributed by atoms with Gasteiger partial charge in [0.25, 0.3) is 11.8 Å². The first-order chi connectivity index (χ1) is 13.4. The molecule has 2 amide bonds. The number of hydrogen-bond acceptors (Lipinski definition) is 4. The maximum absolute atomic E-state index is 12.2. The lowest BCUT2D eigenvalue weighted by Crippen LogP contribution is -2.20. The van der Waals surface area contributed by atoms with Gasteiger partial charge in [-0.05, 0) is 73.2 Å². The lowest BCUT2D eigenvalue weighted by Gasteiger charge is -2.12. The molecule has 28 heavy (non-hydrogen) atoms. The van der Waals surface area contributed by atoms with Crippen LogP contribution in [0.3, 0.4) is 0 Å². The second-order valence-corrected chi connectivity index (χ2v) is 7.50. The van der Waals surface area contributed by atoms with Crippen LogP contribution in [0.5, 0.6) is 5.75 Å². The zero-order valence-corrected chi connectivity index (χ0v) is 16.9. The largest absolute Gasteiger partial charge is 0.483 e. The van der Waals surface area contributed by atoms with E-state index in [4.69, 9.17) is 4.74 Å². The van der Waals surface area contributed by atoms with Gasteiger partial charge in [-0.2, -0.15) is 0 Å². The van der Waals surface area contributed by atoms with E-state index < -0.39 is 0 Å². The highest BCUT2D eigenvalue weighted by Gasteiger charge is 2.10. The second kappa shape index (κ2) is 8.71. The predicted octanol–water partition coefficient (Wildman–Crippen LogP) is 4.94. The van der Waals surface area contributed by atoms with Gasteiger partial charge >= 0.3 is 0 Å². The summed E-state index contributed by atoms with van der Waals surface area (Å²) in [5.74, 6) is 0.265. The predicted molar refractivity (Wildman–Crippen MR) is 113 cm³/mol. The zero-order chi connectivity index (χ0) is 20.1. The van der Waals surface area contributed by atoms with Crippen molar-refractivity contribution in [3.63, 3.8) is 0 Å². The smallest absolute Gasteiger partial charge is 0.265 e. The van der Waals surface area contributed by atoms with Crippen LogP contribution in [0.2, 0.25) is 0 Å². The van der Waals surface area contributed by atoms with Gasteiger partial charge in [0.1, 0.15) is 5.75 Å². The molecule has 2 N–H and O–H groups in total. The average Bonchev–Trinajstić information content (AvgIpc) is 3.19.